The summed E-state index contributed by atoms with van der Waals surface area (Å²) in [6.07, 6.45) is 0. The minimum Gasteiger partial charge on any atom is -0.371 e. The molecule has 0 atom stereocenters. The molecule has 13 heavy (non-hydrogen) atoms. The maximum atomic E-state index is 12.9. The van der Waals surface area contributed by atoms with Crippen molar-refractivity contribution in [3.8, 4) is 12.1 Å². The van der Waals surface area contributed by atoms with Crippen LogP contribution in [0.4, 0.5) is 10.1 Å². The zero-order chi connectivity index (χ0) is 9.68. The SMILES string of the molecule is N#CCNc1cccc(F)c1C#N. The first-order valence-electron chi connectivity index (χ1n) is 3.59. The van der Waals surface area contributed by atoms with Crippen LogP contribution < -0.4 is 5.32 Å². The molecule has 1 rings (SSSR count). The van der Waals surface area contributed by atoms with Gasteiger partial charge >= 0.3 is 0 Å². The van der Waals surface area contributed by atoms with E-state index < -0.39 is 5.82 Å². The van der Waals surface area contributed by atoms with Crippen molar-refractivity contribution in [2.24, 2.45) is 0 Å². The van der Waals surface area contributed by atoms with Gasteiger partial charge in [0.1, 0.15) is 24.0 Å². The molecule has 0 fully saturated rings. The van der Waals surface area contributed by atoms with E-state index in [1.807, 2.05) is 6.07 Å². The van der Waals surface area contributed by atoms with E-state index >= 15 is 0 Å². The Balaban J connectivity index is 3.02. The van der Waals surface area contributed by atoms with Gasteiger partial charge in [-0.2, -0.15) is 10.5 Å². The second kappa shape index (κ2) is 4.08. The summed E-state index contributed by atoms with van der Waals surface area (Å²) in [5.41, 5.74) is 0.293. The third-order valence-corrected chi connectivity index (χ3v) is 1.48. The van der Waals surface area contributed by atoms with Gasteiger partial charge in [0.15, 0.2) is 0 Å². The summed E-state index contributed by atoms with van der Waals surface area (Å²) >= 11 is 0. The molecule has 0 aromatic heterocycles. The molecule has 0 amide bonds. The second-order valence-corrected chi connectivity index (χ2v) is 2.29. The predicted molar refractivity (Wildman–Crippen MR) is 45.2 cm³/mol. The molecule has 4 heteroatoms. The molecule has 0 heterocycles. The Kier molecular flexibility index (Phi) is 2.83. The fourth-order valence-electron chi connectivity index (χ4n) is 0.920. The number of hydrogen-bond donors (Lipinski definition) is 1. The zero-order valence-electron chi connectivity index (χ0n) is 6.71. The Bertz CT molecular complexity index is 387. The summed E-state index contributed by atoms with van der Waals surface area (Å²) in [6.45, 7) is 0.0537. The molecular weight excluding hydrogens is 169 g/mol. The number of nitrogens with zero attached hydrogens (tertiary/aromatic N) is 2. The number of benzene rings is 1. The Morgan fingerprint density at radius 1 is 1.38 bits per heavy atom. The van der Waals surface area contributed by atoms with Crippen molar-refractivity contribution < 1.29 is 4.39 Å². The van der Waals surface area contributed by atoms with Crippen molar-refractivity contribution >= 4 is 5.69 Å². The van der Waals surface area contributed by atoms with E-state index in [4.69, 9.17) is 10.5 Å². The summed E-state index contributed by atoms with van der Waals surface area (Å²) in [5, 5.41) is 19.5. The molecule has 0 radical (unpaired) electrons. The van der Waals surface area contributed by atoms with E-state index in [1.165, 1.54) is 12.1 Å². The van der Waals surface area contributed by atoms with Gasteiger partial charge in [0.25, 0.3) is 0 Å². The van der Waals surface area contributed by atoms with Gasteiger partial charge in [-0.15, -0.1) is 0 Å². The molecular formula is C9H6FN3. The minimum atomic E-state index is -0.578. The van der Waals surface area contributed by atoms with Gasteiger partial charge in [-0.3, -0.25) is 0 Å². The van der Waals surface area contributed by atoms with Crippen LogP contribution >= 0.6 is 0 Å². The fraction of sp³-hybridized carbons (Fsp3) is 0.111. The number of halogens is 1. The normalized spacial score (nSPS) is 8.54. The molecule has 3 nitrogen and oxygen atoms in total. The van der Waals surface area contributed by atoms with Crippen molar-refractivity contribution in [2.75, 3.05) is 11.9 Å². The number of anilines is 1. The van der Waals surface area contributed by atoms with Gasteiger partial charge in [0.2, 0.25) is 0 Å². The van der Waals surface area contributed by atoms with E-state index in [-0.39, 0.29) is 12.1 Å². The van der Waals surface area contributed by atoms with Crippen LogP contribution in [0.1, 0.15) is 5.56 Å². The molecule has 0 saturated carbocycles. The lowest BCUT2D eigenvalue weighted by Crippen LogP contribution is -2.01. The van der Waals surface area contributed by atoms with E-state index in [0.29, 0.717) is 5.69 Å². The molecule has 0 aliphatic rings. The largest absolute Gasteiger partial charge is 0.371 e. The van der Waals surface area contributed by atoms with Crippen molar-refractivity contribution in [3.63, 3.8) is 0 Å². The van der Waals surface area contributed by atoms with Crippen molar-refractivity contribution in [3.05, 3.63) is 29.6 Å². The van der Waals surface area contributed by atoms with Crippen molar-refractivity contribution in [1.82, 2.24) is 0 Å². The highest BCUT2D eigenvalue weighted by Crippen LogP contribution is 2.16. The van der Waals surface area contributed by atoms with E-state index in [2.05, 4.69) is 5.32 Å². The fourth-order valence-corrected chi connectivity index (χ4v) is 0.920. The maximum Gasteiger partial charge on any atom is 0.143 e. The molecule has 1 aromatic rings. The average Bonchev–Trinajstić information content (AvgIpc) is 2.15. The summed E-state index contributed by atoms with van der Waals surface area (Å²) in [4.78, 5) is 0. The summed E-state index contributed by atoms with van der Waals surface area (Å²) < 4.78 is 12.9. The molecule has 0 aliphatic carbocycles. The molecule has 0 unspecified atom stereocenters. The van der Waals surface area contributed by atoms with Crippen LogP contribution in [0.15, 0.2) is 18.2 Å². The number of nitriles is 2. The minimum absolute atomic E-state index is 0.0537. The quantitative estimate of drug-likeness (QED) is 0.695. The highest BCUT2D eigenvalue weighted by atomic mass is 19.1. The Morgan fingerprint density at radius 2 is 2.15 bits per heavy atom. The van der Waals surface area contributed by atoms with Crippen LogP contribution in [0.2, 0.25) is 0 Å². The predicted octanol–water partition coefficient (Wildman–Crippen LogP) is 1.63. The Hall–Kier alpha value is -2.07. The van der Waals surface area contributed by atoms with Crippen molar-refractivity contribution in [1.29, 1.82) is 10.5 Å². The number of nitrogens with one attached hydrogen (secondary N) is 1. The van der Waals surface area contributed by atoms with E-state index in [9.17, 15) is 4.39 Å². The Morgan fingerprint density at radius 3 is 2.77 bits per heavy atom. The molecule has 0 spiro atoms. The van der Waals surface area contributed by atoms with Crippen LogP contribution in [-0.4, -0.2) is 6.54 Å². The van der Waals surface area contributed by atoms with Gasteiger partial charge in [-0.05, 0) is 12.1 Å². The first kappa shape index (κ1) is 9.02. The molecule has 64 valence electrons. The van der Waals surface area contributed by atoms with Gasteiger partial charge in [-0.25, -0.2) is 4.39 Å². The highest BCUT2D eigenvalue weighted by Gasteiger charge is 2.05. The molecule has 0 bridgehead atoms. The second-order valence-electron chi connectivity index (χ2n) is 2.29. The van der Waals surface area contributed by atoms with Gasteiger partial charge in [0.05, 0.1) is 11.8 Å². The third-order valence-electron chi connectivity index (χ3n) is 1.48. The summed E-state index contributed by atoms with van der Waals surface area (Å²) in [5.74, 6) is -0.578. The number of rotatable bonds is 2. The summed E-state index contributed by atoms with van der Waals surface area (Å²) in [7, 11) is 0. The van der Waals surface area contributed by atoms with Crippen LogP contribution in [0.5, 0.6) is 0 Å². The van der Waals surface area contributed by atoms with E-state index in [1.54, 1.807) is 12.1 Å². The maximum absolute atomic E-state index is 12.9. The first-order chi connectivity index (χ1) is 6.29. The van der Waals surface area contributed by atoms with Crippen LogP contribution in [0, 0.1) is 28.5 Å². The van der Waals surface area contributed by atoms with E-state index in [0.717, 1.165) is 0 Å². The van der Waals surface area contributed by atoms with Gasteiger partial charge in [0, 0.05) is 0 Å². The van der Waals surface area contributed by atoms with Gasteiger partial charge in [-0.1, -0.05) is 6.07 Å². The van der Waals surface area contributed by atoms with Crippen LogP contribution in [0.25, 0.3) is 0 Å². The monoisotopic (exact) mass is 175 g/mol. The van der Waals surface area contributed by atoms with Crippen LogP contribution in [0.3, 0.4) is 0 Å². The lowest BCUT2D eigenvalue weighted by atomic mass is 10.2. The first-order valence-corrected chi connectivity index (χ1v) is 3.59. The van der Waals surface area contributed by atoms with Crippen molar-refractivity contribution in [2.45, 2.75) is 0 Å². The molecule has 1 N–H and O–H groups in total. The lowest BCUT2D eigenvalue weighted by molar-refractivity contribution is 0.624. The molecule has 0 saturated heterocycles. The lowest BCUT2D eigenvalue weighted by Gasteiger charge is -2.03. The summed E-state index contributed by atoms with van der Waals surface area (Å²) in [6, 6.07) is 7.81. The average molecular weight is 175 g/mol. The van der Waals surface area contributed by atoms with Gasteiger partial charge < -0.3 is 5.32 Å². The standard InChI is InChI=1S/C9H6FN3/c10-8-2-1-3-9(7(8)6-12)13-5-4-11/h1-3,13H,5H2. The zero-order valence-corrected chi connectivity index (χ0v) is 6.71. The van der Waals surface area contributed by atoms with Crippen LogP contribution in [-0.2, 0) is 0 Å². The number of hydrogen-bond acceptors (Lipinski definition) is 3. The highest BCUT2D eigenvalue weighted by molar-refractivity contribution is 5.58. The Labute approximate surface area is 75.0 Å². The topological polar surface area (TPSA) is 59.6 Å². The molecule has 1 aromatic carbocycles. The molecule has 0 aliphatic heterocycles. The smallest absolute Gasteiger partial charge is 0.143 e. The third kappa shape index (κ3) is 1.94.